The van der Waals surface area contributed by atoms with Gasteiger partial charge >= 0.3 is 0 Å². The maximum atomic E-state index is 2.51. The fourth-order valence-corrected chi connectivity index (χ4v) is 10.8. The third-order valence-corrected chi connectivity index (χ3v) is 14.1. The lowest BCUT2D eigenvalue weighted by molar-refractivity contribution is 0.825. The first-order valence-corrected chi connectivity index (χ1v) is 23.7. The highest BCUT2D eigenvalue weighted by Gasteiger charge is 2.26. The van der Waals surface area contributed by atoms with Gasteiger partial charge in [-0.2, -0.15) is 0 Å². The third kappa shape index (κ3) is 6.81. The van der Waals surface area contributed by atoms with Crippen LogP contribution in [0.4, 0.5) is 0 Å². The highest BCUT2D eigenvalue weighted by Crippen LogP contribution is 2.44. The second-order valence-corrected chi connectivity index (χ2v) is 18.0. The molecule has 12 aromatic rings. The zero-order valence-electron chi connectivity index (χ0n) is 37.5. The highest BCUT2D eigenvalue weighted by molar-refractivity contribution is 6.12. The number of allylic oxidation sites excluding steroid dienone is 1. The molecule has 1 atom stereocenters. The van der Waals surface area contributed by atoms with E-state index in [2.05, 4.69) is 270 Å². The molecular weight excluding hydrogens is 821 g/mol. The molecule has 0 amide bonds. The number of rotatable bonds is 8. The number of hydrogen-bond donors (Lipinski definition) is 0. The molecule has 0 bridgehead atoms. The molecule has 0 spiro atoms. The van der Waals surface area contributed by atoms with Crippen molar-refractivity contribution in [2.24, 2.45) is 0 Å². The van der Waals surface area contributed by atoms with Gasteiger partial charge in [0.2, 0.25) is 0 Å². The van der Waals surface area contributed by atoms with Crippen LogP contribution in [0.3, 0.4) is 0 Å². The maximum absolute atomic E-state index is 2.51. The Labute approximate surface area is 397 Å². The largest absolute Gasteiger partial charge is 0.309 e. The summed E-state index contributed by atoms with van der Waals surface area (Å²) in [4.78, 5) is 0. The van der Waals surface area contributed by atoms with E-state index in [0.717, 1.165) is 12.1 Å². The van der Waals surface area contributed by atoms with Crippen molar-refractivity contribution in [1.29, 1.82) is 0 Å². The minimum absolute atomic E-state index is 0.307. The average Bonchev–Trinajstić information content (AvgIpc) is 3.93. The summed E-state index contributed by atoms with van der Waals surface area (Å²) in [5.74, 6) is 0.307. The van der Waals surface area contributed by atoms with Crippen LogP contribution in [0.2, 0.25) is 0 Å². The Balaban J connectivity index is 0.961. The molecule has 2 aromatic heterocycles. The number of hydrogen-bond acceptors (Lipinski definition) is 0. The smallest absolute Gasteiger partial charge is 0.0541 e. The van der Waals surface area contributed by atoms with Crippen molar-refractivity contribution in [1.82, 2.24) is 9.13 Å². The van der Waals surface area contributed by atoms with Gasteiger partial charge in [-0.3, -0.25) is 0 Å². The number of fused-ring (bicyclic) bond motifs is 6. The van der Waals surface area contributed by atoms with Crippen LogP contribution >= 0.6 is 0 Å². The Morgan fingerprint density at radius 2 is 0.721 bits per heavy atom. The van der Waals surface area contributed by atoms with Crippen LogP contribution in [-0.2, 0) is 6.42 Å². The van der Waals surface area contributed by atoms with Gasteiger partial charge in [0.1, 0.15) is 0 Å². The lowest BCUT2D eigenvalue weighted by atomic mass is 9.86. The van der Waals surface area contributed by atoms with Crippen LogP contribution in [0.25, 0.3) is 106 Å². The van der Waals surface area contributed by atoms with Gasteiger partial charge < -0.3 is 9.13 Å². The van der Waals surface area contributed by atoms with Gasteiger partial charge in [0, 0.05) is 38.9 Å². The second kappa shape index (κ2) is 16.6. The van der Waals surface area contributed by atoms with Gasteiger partial charge in [-0.15, -0.1) is 0 Å². The molecule has 0 saturated carbocycles. The molecule has 1 unspecified atom stereocenters. The van der Waals surface area contributed by atoms with E-state index in [1.54, 1.807) is 0 Å². The molecule has 0 aliphatic heterocycles. The van der Waals surface area contributed by atoms with Crippen LogP contribution in [-0.4, -0.2) is 9.13 Å². The Hall–Kier alpha value is -8.72. The molecule has 0 radical (unpaired) electrons. The van der Waals surface area contributed by atoms with Crippen molar-refractivity contribution in [3.63, 3.8) is 0 Å². The summed E-state index contributed by atoms with van der Waals surface area (Å²) in [5, 5.41) is 3.78. The number of benzene rings is 10. The van der Waals surface area contributed by atoms with Crippen molar-refractivity contribution in [2.45, 2.75) is 12.3 Å². The quantitative estimate of drug-likeness (QED) is 0.144. The van der Waals surface area contributed by atoms with E-state index in [-0.39, 0.29) is 0 Å². The topological polar surface area (TPSA) is 9.86 Å². The van der Waals surface area contributed by atoms with E-state index in [0.29, 0.717) is 5.92 Å². The van der Waals surface area contributed by atoms with Crippen LogP contribution in [0, 0.1) is 0 Å². The van der Waals surface area contributed by atoms with Crippen LogP contribution in [0.15, 0.2) is 255 Å². The Morgan fingerprint density at radius 1 is 0.309 bits per heavy atom. The van der Waals surface area contributed by atoms with E-state index < -0.39 is 0 Å². The molecule has 320 valence electrons. The third-order valence-electron chi connectivity index (χ3n) is 14.1. The van der Waals surface area contributed by atoms with Gasteiger partial charge in [-0.1, -0.05) is 200 Å². The van der Waals surface area contributed by atoms with Crippen molar-refractivity contribution in [2.75, 3.05) is 0 Å². The molecule has 2 nitrogen and oxygen atoms in total. The van der Waals surface area contributed by atoms with E-state index in [9.17, 15) is 0 Å². The predicted molar refractivity (Wildman–Crippen MR) is 287 cm³/mol. The van der Waals surface area contributed by atoms with E-state index >= 15 is 0 Å². The molecule has 2 heteroatoms. The monoisotopic (exact) mass is 866 g/mol. The number of aromatic nitrogens is 2. The number of nitrogens with zero attached hydrogens (tertiary/aromatic N) is 2. The minimum atomic E-state index is 0.307. The fraction of sp³-hybridized carbons (Fsp3) is 0.0303. The Morgan fingerprint density at radius 3 is 1.24 bits per heavy atom. The highest BCUT2D eigenvalue weighted by atomic mass is 15.0. The SMILES string of the molecule is C1=CC(c2ccccc2)Cc2c1n(-c1ccccc1-c1cccc(-c3ccccc3-n3c4ccc(-c5ccccc5)cc4c4cc(-c5ccccc5)ccc43)c1)c1ccc(-c3ccccc3)cc21. The summed E-state index contributed by atoms with van der Waals surface area (Å²) in [7, 11) is 0. The molecule has 1 aliphatic carbocycles. The molecule has 2 heterocycles. The van der Waals surface area contributed by atoms with Crippen molar-refractivity contribution in [3.05, 3.63) is 272 Å². The maximum Gasteiger partial charge on any atom is 0.0541 e. The van der Waals surface area contributed by atoms with Crippen LogP contribution in [0.1, 0.15) is 22.7 Å². The van der Waals surface area contributed by atoms with Gasteiger partial charge in [0.15, 0.2) is 0 Å². The summed E-state index contributed by atoms with van der Waals surface area (Å²) in [6.07, 6.45) is 5.72. The Kier molecular flexibility index (Phi) is 9.68. The zero-order chi connectivity index (χ0) is 45.0. The van der Waals surface area contributed by atoms with Gasteiger partial charge in [-0.05, 0) is 123 Å². The summed E-state index contributed by atoms with van der Waals surface area (Å²) < 4.78 is 4.99. The molecule has 0 N–H and O–H groups in total. The second-order valence-electron chi connectivity index (χ2n) is 18.0. The normalized spacial score (nSPS) is 13.3. The van der Waals surface area contributed by atoms with E-state index in [1.807, 2.05) is 0 Å². The van der Waals surface area contributed by atoms with Crippen LogP contribution < -0.4 is 0 Å². The molecule has 0 saturated heterocycles. The molecule has 13 rings (SSSR count). The Bertz CT molecular complexity index is 3760. The molecular formula is C66H46N2. The summed E-state index contributed by atoms with van der Waals surface area (Å²) in [6, 6.07) is 91.1. The van der Waals surface area contributed by atoms with Crippen molar-refractivity contribution >= 4 is 38.8 Å². The first kappa shape index (κ1) is 39.6. The summed E-state index contributed by atoms with van der Waals surface area (Å²) in [6.45, 7) is 0. The minimum Gasteiger partial charge on any atom is -0.309 e. The lowest BCUT2D eigenvalue weighted by Gasteiger charge is -2.21. The first-order valence-electron chi connectivity index (χ1n) is 23.7. The van der Waals surface area contributed by atoms with Crippen LogP contribution in [0.5, 0.6) is 0 Å². The van der Waals surface area contributed by atoms with E-state index in [1.165, 1.54) is 111 Å². The van der Waals surface area contributed by atoms with Gasteiger partial charge in [0.05, 0.1) is 27.9 Å². The summed E-state index contributed by atoms with van der Waals surface area (Å²) >= 11 is 0. The van der Waals surface area contributed by atoms with Gasteiger partial charge in [0.25, 0.3) is 0 Å². The van der Waals surface area contributed by atoms with E-state index in [4.69, 9.17) is 0 Å². The fourth-order valence-electron chi connectivity index (χ4n) is 10.8. The number of para-hydroxylation sites is 2. The standard InChI is InChI=1S/C66H46N2/c1-5-18-45(19-6-1)49-32-36-63-57(41-49)58-42-50(46-20-7-2-8-21-46)33-37-64(58)67(63)61-30-15-13-28-55(61)53-26-17-27-54(40-53)56-29-14-16-31-62(56)68-65-38-34-51(47-22-9-3-10-23-47)43-59(65)60-44-52(35-39-66(60)68)48-24-11-4-12-25-48/h1-43,52H,44H2. The van der Waals surface area contributed by atoms with Crippen molar-refractivity contribution in [3.8, 4) is 67.0 Å². The predicted octanol–water partition coefficient (Wildman–Crippen LogP) is 17.4. The molecule has 0 fully saturated rings. The lowest BCUT2D eigenvalue weighted by Crippen LogP contribution is -2.07. The molecule has 68 heavy (non-hydrogen) atoms. The van der Waals surface area contributed by atoms with Crippen molar-refractivity contribution < 1.29 is 0 Å². The molecule has 1 aliphatic rings. The molecule has 10 aromatic carbocycles. The average molecular weight is 867 g/mol. The zero-order valence-corrected chi connectivity index (χ0v) is 37.5. The van der Waals surface area contributed by atoms with Gasteiger partial charge in [-0.25, -0.2) is 0 Å². The first-order chi connectivity index (χ1) is 33.7. The summed E-state index contributed by atoms with van der Waals surface area (Å²) in [5.41, 5.74) is 21.9.